The van der Waals surface area contributed by atoms with Crippen molar-refractivity contribution >= 4 is 11.8 Å². The van der Waals surface area contributed by atoms with E-state index in [9.17, 15) is 13.2 Å². The maximum Gasteiger partial charge on any atom is 0.573 e. The molecule has 0 saturated heterocycles. The van der Waals surface area contributed by atoms with E-state index in [1.54, 1.807) is 25.3 Å². The van der Waals surface area contributed by atoms with Gasteiger partial charge >= 0.3 is 6.36 Å². The van der Waals surface area contributed by atoms with Gasteiger partial charge in [0.25, 0.3) is 0 Å². The molecule has 1 aliphatic heterocycles. The molecule has 0 unspecified atom stereocenters. The van der Waals surface area contributed by atoms with Crippen LogP contribution in [0.25, 0.3) is 0 Å². The lowest BCUT2D eigenvalue weighted by molar-refractivity contribution is -0.274. The van der Waals surface area contributed by atoms with Crippen LogP contribution in [0.3, 0.4) is 0 Å². The van der Waals surface area contributed by atoms with Gasteiger partial charge in [0, 0.05) is 25.3 Å². The summed E-state index contributed by atoms with van der Waals surface area (Å²) in [5.74, 6) is 0.837. The van der Waals surface area contributed by atoms with Gasteiger partial charge < -0.3 is 20.1 Å². The molecule has 2 N–H and O–H groups in total. The van der Waals surface area contributed by atoms with E-state index in [4.69, 9.17) is 5.11 Å². The number of aliphatic hydroxyl groups is 1. The zero-order valence-electron chi connectivity index (χ0n) is 14.1. The van der Waals surface area contributed by atoms with E-state index in [1.807, 2.05) is 4.90 Å². The van der Waals surface area contributed by atoms with Crippen LogP contribution in [0.5, 0.6) is 5.75 Å². The molecule has 0 fully saturated rings. The number of rotatable bonds is 5. The van der Waals surface area contributed by atoms with E-state index in [2.05, 4.69) is 20.0 Å². The molecule has 0 radical (unpaired) electrons. The molecule has 2 aromatic rings. The van der Waals surface area contributed by atoms with Crippen molar-refractivity contribution in [3.63, 3.8) is 0 Å². The zero-order chi connectivity index (χ0) is 18.7. The van der Waals surface area contributed by atoms with Crippen molar-refractivity contribution in [2.24, 2.45) is 0 Å². The first-order valence-electron chi connectivity index (χ1n) is 8.17. The summed E-state index contributed by atoms with van der Waals surface area (Å²) < 4.78 is 41.3. The Kier molecular flexibility index (Phi) is 5.17. The van der Waals surface area contributed by atoms with Crippen molar-refractivity contribution in [3.05, 3.63) is 41.6 Å². The van der Waals surface area contributed by atoms with Crippen LogP contribution >= 0.6 is 0 Å². The number of nitrogens with one attached hydrogen (secondary N) is 1. The Morgan fingerprint density at radius 3 is 2.85 bits per heavy atom. The van der Waals surface area contributed by atoms with Crippen LogP contribution in [-0.4, -0.2) is 40.6 Å². The monoisotopic (exact) mass is 368 g/mol. The van der Waals surface area contributed by atoms with Crippen LogP contribution < -0.4 is 15.0 Å². The van der Waals surface area contributed by atoms with Crippen LogP contribution in [0.1, 0.15) is 18.1 Å². The molecular formula is C17H19F3N4O2. The summed E-state index contributed by atoms with van der Waals surface area (Å²) >= 11 is 0. The molecule has 26 heavy (non-hydrogen) atoms. The van der Waals surface area contributed by atoms with E-state index >= 15 is 0 Å². The normalized spacial score (nSPS) is 15.3. The third kappa shape index (κ3) is 4.54. The summed E-state index contributed by atoms with van der Waals surface area (Å²) in [6, 6.07) is 5.99. The van der Waals surface area contributed by atoms with Gasteiger partial charge in [0.05, 0.1) is 6.61 Å². The second kappa shape index (κ2) is 7.36. The van der Waals surface area contributed by atoms with Gasteiger partial charge in [-0.3, -0.25) is 0 Å². The third-order valence-electron chi connectivity index (χ3n) is 4.04. The minimum absolute atomic E-state index is 0.0489. The standard InChI is InChI=1S/C17H19F3N4O2/c1-11(10-25)22-16-21-6-4-15(23-16)24-7-5-12-2-3-14(8-13(12)9-24)26-17(18,19)20/h2-4,6,8,11,25H,5,7,9-10H2,1H3,(H,21,22,23)/t11-/m0/s1. The minimum atomic E-state index is -4.71. The highest BCUT2D eigenvalue weighted by Crippen LogP contribution is 2.29. The van der Waals surface area contributed by atoms with Crippen molar-refractivity contribution in [1.29, 1.82) is 0 Å². The number of aromatic nitrogens is 2. The van der Waals surface area contributed by atoms with Crippen LogP contribution in [0, 0.1) is 0 Å². The van der Waals surface area contributed by atoms with Crippen molar-refractivity contribution in [3.8, 4) is 5.75 Å². The highest BCUT2D eigenvalue weighted by atomic mass is 19.4. The fraction of sp³-hybridized carbons (Fsp3) is 0.412. The van der Waals surface area contributed by atoms with E-state index in [-0.39, 0.29) is 18.4 Å². The number of fused-ring (bicyclic) bond motifs is 1. The van der Waals surface area contributed by atoms with E-state index in [0.29, 0.717) is 31.3 Å². The first-order valence-corrected chi connectivity index (χ1v) is 8.17. The van der Waals surface area contributed by atoms with E-state index in [0.717, 1.165) is 11.1 Å². The molecule has 1 atom stereocenters. The van der Waals surface area contributed by atoms with Gasteiger partial charge in [-0.05, 0) is 42.7 Å². The van der Waals surface area contributed by atoms with Gasteiger partial charge in [-0.25, -0.2) is 4.98 Å². The second-order valence-electron chi connectivity index (χ2n) is 6.12. The number of halogens is 3. The zero-order valence-corrected chi connectivity index (χ0v) is 14.1. The lowest BCUT2D eigenvalue weighted by atomic mass is 9.99. The summed E-state index contributed by atoms with van der Waals surface area (Å²) in [7, 11) is 0. The largest absolute Gasteiger partial charge is 0.573 e. The van der Waals surface area contributed by atoms with Gasteiger partial charge in [-0.2, -0.15) is 4.98 Å². The number of benzene rings is 1. The molecular weight excluding hydrogens is 349 g/mol. The Hall–Kier alpha value is -2.55. The van der Waals surface area contributed by atoms with Crippen LogP contribution in [0.4, 0.5) is 24.9 Å². The van der Waals surface area contributed by atoms with Crippen molar-refractivity contribution in [1.82, 2.24) is 9.97 Å². The summed E-state index contributed by atoms with van der Waals surface area (Å²) in [5.41, 5.74) is 1.77. The predicted octanol–water partition coefficient (Wildman–Crippen LogP) is 2.73. The lowest BCUT2D eigenvalue weighted by Gasteiger charge is -2.30. The lowest BCUT2D eigenvalue weighted by Crippen LogP contribution is -2.31. The predicted molar refractivity (Wildman–Crippen MR) is 90.1 cm³/mol. The average Bonchev–Trinajstić information content (AvgIpc) is 2.60. The Labute approximate surface area is 148 Å². The molecule has 1 aromatic carbocycles. The Morgan fingerprint density at radius 1 is 1.31 bits per heavy atom. The van der Waals surface area contributed by atoms with Gasteiger partial charge in [-0.15, -0.1) is 13.2 Å². The number of ether oxygens (including phenoxy) is 1. The first kappa shape index (κ1) is 18.2. The Bertz CT molecular complexity index is 770. The smallest absolute Gasteiger partial charge is 0.406 e. The van der Waals surface area contributed by atoms with E-state index in [1.165, 1.54) is 12.1 Å². The average molecular weight is 368 g/mol. The summed E-state index contributed by atoms with van der Waals surface area (Å²) in [5, 5.41) is 12.1. The number of alkyl halides is 3. The molecule has 1 aromatic heterocycles. The topological polar surface area (TPSA) is 70.5 Å². The number of nitrogens with zero attached hydrogens (tertiary/aromatic N) is 3. The molecule has 0 spiro atoms. The summed E-state index contributed by atoms with van der Waals surface area (Å²) in [6.45, 7) is 2.87. The molecule has 3 rings (SSSR count). The van der Waals surface area contributed by atoms with Crippen LogP contribution in [0.2, 0.25) is 0 Å². The van der Waals surface area contributed by atoms with Gasteiger partial charge in [-0.1, -0.05) is 6.07 Å². The first-order chi connectivity index (χ1) is 12.3. The van der Waals surface area contributed by atoms with Crippen molar-refractivity contribution < 1.29 is 23.0 Å². The molecule has 9 heteroatoms. The maximum absolute atomic E-state index is 12.4. The number of aliphatic hydroxyl groups excluding tert-OH is 1. The molecule has 140 valence electrons. The number of anilines is 2. The van der Waals surface area contributed by atoms with Gasteiger partial charge in [0.15, 0.2) is 0 Å². The van der Waals surface area contributed by atoms with E-state index < -0.39 is 6.36 Å². The molecule has 0 saturated carbocycles. The molecule has 1 aliphatic rings. The van der Waals surface area contributed by atoms with Gasteiger partial charge in [0.1, 0.15) is 11.6 Å². The second-order valence-corrected chi connectivity index (χ2v) is 6.12. The molecule has 0 bridgehead atoms. The maximum atomic E-state index is 12.4. The molecule has 6 nitrogen and oxygen atoms in total. The molecule has 2 heterocycles. The van der Waals surface area contributed by atoms with Crippen molar-refractivity contribution in [2.75, 3.05) is 23.4 Å². The quantitative estimate of drug-likeness (QED) is 0.846. The van der Waals surface area contributed by atoms with Crippen LogP contribution in [0.15, 0.2) is 30.5 Å². The summed E-state index contributed by atoms with van der Waals surface area (Å²) in [4.78, 5) is 10.5. The number of hydrogen-bond donors (Lipinski definition) is 2. The van der Waals surface area contributed by atoms with Crippen LogP contribution in [-0.2, 0) is 13.0 Å². The fourth-order valence-corrected chi connectivity index (χ4v) is 2.79. The third-order valence-corrected chi connectivity index (χ3v) is 4.04. The van der Waals surface area contributed by atoms with Gasteiger partial charge in [0.2, 0.25) is 5.95 Å². The Balaban J connectivity index is 1.77. The Morgan fingerprint density at radius 2 is 2.12 bits per heavy atom. The summed E-state index contributed by atoms with van der Waals surface area (Å²) in [6.07, 6.45) is -2.41. The fourth-order valence-electron chi connectivity index (χ4n) is 2.79. The highest BCUT2D eigenvalue weighted by Gasteiger charge is 2.31. The minimum Gasteiger partial charge on any atom is -0.406 e. The SMILES string of the molecule is C[C@@H](CO)Nc1nccc(N2CCc3ccc(OC(F)(F)F)cc3C2)n1. The number of hydrogen-bond acceptors (Lipinski definition) is 6. The molecule has 0 aliphatic carbocycles. The molecule has 0 amide bonds. The van der Waals surface area contributed by atoms with Crippen molar-refractivity contribution in [2.45, 2.75) is 32.3 Å². The highest BCUT2D eigenvalue weighted by molar-refractivity contribution is 5.48.